The lowest BCUT2D eigenvalue weighted by molar-refractivity contribution is -0.193. The zero-order valence-electron chi connectivity index (χ0n) is 26.1. The number of methoxy groups -OCH3 is 1. The molecule has 0 aliphatic carbocycles. The van der Waals surface area contributed by atoms with E-state index in [1.54, 1.807) is 19.2 Å². The standard InChI is InChI=1S/C26H38ClN5O3.C4F6O2/c1-16-14-23(35-4)18(3)17(2)21(16)15-32-26(29)31-12-5-6-22(28)24(33)25(34)30-13-11-19-7-9-20(27)10-8-19;5-3(6,7)1(11)2(12)4(8,9)10/h7-10,14,22,24,33H,5-6,11-13,15,28H2,1-4H3,(H,30,34)(H3,29,31,32);/t22-,24?;/m0./s1. The summed E-state index contributed by atoms with van der Waals surface area (Å²) < 4.78 is 72.4. The molecule has 0 spiro atoms. The van der Waals surface area contributed by atoms with Crippen molar-refractivity contribution in [2.24, 2.45) is 16.5 Å². The Morgan fingerprint density at radius 1 is 0.957 bits per heavy atom. The van der Waals surface area contributed by atoms with Gasteiger partial charge in [-0.05, 0) is 86.1 Å². The van der Waals surface area contributed by atoms with Crippen LogP contribution in [0.4, 0.5) is 26.3 Å². The Morgan fingerprint density at radius 3 is 2.02 bits per heavy atom. The number of hydrogen-bond donors (Lipinski definition) is 5. The quantitative estimate of drug-likeness (QED) is 0.0693. The van der Waals surface area contributed by atoms with Crippen molar-refractivity contribution in [3.05, 3.63) is 63.2 Å². The lowest BCUT2D eigenvalue weighted by Crippen LogP contribution is -2.47. The topological polar surface area (TPSA) is 169 Å². The van der Waals surface area contributed by atoms with Gasteiger partial charge in [0.25, 0.3) is 0 Å². The Hall–Kier alpha value is -3.89. The van der Waals surface area contributed by atoms with Gasteiger partial charge in [-0.1, -0.05) is 23.7 Å². The Balaban J connectivity index is 0.000000779. The van der Waals surface area contributed by atoms with Gasteiger partial charge in [-0.15, -0.1) is 0 Å². The van der Waals surface area contributed by atoms with Gasteiger partial charge < -0.3 is 31.9 Å². The van der Waals surface area contributed by atoms with E-state index in [2.05, 4.69) is 22.5 Å². The van der Waals surface area contributed by atoms with Crippen LogP contribution in [-0.4, -0.2) is 73.2 Å². The van der Waals surface area contributed by atoms with Crippen LogP contribution in [0.1, 0.15) is 40.7 Å². The van der Waals surface area contributed by atoms with Gasteiger partial charge in [-0.25, -0.2) is 4.99 Å². The number of halogens is 7. The fourth-order valence-corrected chi connectivity index (χ4v) is 4.15. The van der Waals surface area contributed by atoms with Crippen molar-refractivity contribution in [1.82, 2.24) is 10.6 Å². The number of guanidine groups is 1. The maximum Gasteiger partial charge on any atom is 0.458 e. The molecule has 0 bridgehead atoms. The van der Waals surface area contributed by atoms with E-state index in [0.29, 0.717) is 49.9 Å². The molecule has 47 heavy (non-hydrogen) atoms. The highest BCUT2D eigenvalue weighted by Gasteiger charge is 2.54. The molecule has 0 saturated carbocycles. The predicted molar refractivity (Wildman–Crippen MR) is 164 cm³/mol. The molecular weight excluding hydrogens is 660 g/mol. The highest BCUT2D eigenvalue weighted by atomic mass is 35.5. The molecule has 2 aromatic carbocycles. The number of amides is 1. The van der Waals surface area contributed by atoms with E-state index in [4.69, 9.17) is 27.8 Å². The Kier molecular flexibility index (Phi) is 16.1. The number of nitrogens with one attached hydrogen (secondary N) is 2. The first kappa shape index (κ1) is 41.1. The van der Waals surface area contributed by atoms with Crippen molar-refractivity contribution in [2.45, 2.75) is 71.1 Å². The number of rotatable bonds is 13. The average Bonchev–Trinajstić information content (AvgIpc) is 3.00. The van der Waals surface area contributed by atoms with Gasteiger partial charge in [-0.2, -0.15) is 26.3 Å². The first-order valence-corrected chi connectivity index (χ1v) is 14.4. The van der Waals surface area contributed by atoms with Crippen molar-refractivity contribution in [3.63, 3.8) is 0 Å². The smallest absolute Gasteiger partial charge is 0.458 e. The second-order valence-corrected chi connectivity index (χ2v) is 10.8. The SMILES string of the molecule is COc1cc(C)c(CN=C(N)NCCC[C@H](N)C(O)C(=O)NCCc2ccc(Cl)cc2)c(C)c1C.O=C(C(=O)C(F)(F)F)C(F)(F)F. The Labute approximate surface area is 272 Å². The molecule has 1 amide bonds. The summed E-state index contributed by atoms with van der Waals surface area (Å²) in [5, 5.41) is 16.7. The summed E-state index contributed by atoms with van der Waals surface area (Å²) in [5.41, 5.74) is 17.5. The monoisotopic (exact) mass is 697 g/mol. The third-order valence-corrected chi connectivity index (χ3v) is 7.13. The molecule has 0 fully saturated rings. The van der Waals surface area contributed by atoms with Gasteiger partial charge in [-0.3, -0.25) is 14.4 Å². The molecule has 1 unspecified atom stereocenters. The first-order valence-electron chi connectivity index (χ1n) is 14.1. The molecule has 0 aliphatic rings. The molecule has 10 nitrogen and oxygen atoms in total. The molecule has 0 radical (unpaired) electrons. The number of alkyl halides is 6. The van der Waals surface area contributed by atoms with Crippen LogP contribution in [0, 0.1) is 20.8 Å². The van der Waals surface area contributed by atoms with Crippen molar-refractivity contribution in [2.75, 3.05) is 20.2 Å². The third kappa shape index (κ3) is 13.8. The lowest BCUT2D eigenvalue weighted by Gasteiger charge is -2.18. The Morgan fingerprint density at radius 2 is 1.51 bits per heavy atom. The van der Waals surface area contributed by atoms with E-state index >= 15 is 0 Å². The fourth-order valence-electron chi connectivity index (χ4n) is 4.02. The van der Waals surface area contributed by atoms with Crippen molar-refractivity contribution in [3.8, 4) is 5.75 Å². The molecule has 2 atom stereocenters. The molecule has 17 heteroatoms. The minimum Gasteiger partial charge on any atom is -0.496 e. The fraction of sp³-hybridized carbons (Fsp3) is 0.467. The average molecular weight is 698 g/mol. The van der Waals surface area contributed by atoms with Gasteiger partial charge in [0.15, 0.2) is 5.96 Å². The number of carbonyl (C=O) groups excluding carboxylic acids is 3. The normalized spacial score (nSPS) is 13.2. The van der Waals surface area contributed by atoms with Gasteiger partial charge in [0.05, 0.1) is 13.7 Å². The molecule has 2 aromatic rings. The maximum atomic E-state index is 12.2. The first-order chi connectivity index (χ1) is 21.7. The molecule has 0 aromatic heterocycles. The van der Waals surface area contributed by atoms with E-state index in [-0.39, 0.29) is 0 Å². The number of nitrogens with zero attached hydrogens (tertiary/aromatic N) is 1. The number of aliphatic hydroxyl groups is 1. The van der Waals surface area contributed by atoms with E-state index in [1.807, 2.05) is 32.0 Å². The second-order valence-electron chi connectivity index (χ2n) is 10.3. The number of aliphatic hydroxyl groups excluding tert-OH is 1. The summed E-state index contributed by atoms with van der Waals surface area (Å²) in [6.45, 7) is 7.53. The van der Waals surface area contributed by atoms with Crippen LogP contribution < -0.4 is 26.8 Å². The van der Waals surface area contributed by atoms with E-state index in [1.165, 1.54) is 0 Å². The molecule has 7 N–H and O–H groups in total. The zero-order chi connectivity index (χ0) is 36.1. The van der Waals surface area contributed by atoms with Crippen LogP contribution in [-0.2, 0) is 27.3 Å². The number of aliphatic imine (C=N–C) groups is 1. The van der Waals surface area contributed by atoms with Crippen molar-refractivity contribution < 1.29 is 50.6 Å². The molecule has 0 aliphatic heterocycles. The van der Waals surface area contributed by atoms with Gasteiger partial charge >= 0.3 is 23.9 Å². The van der Waals surface area contributed by atoms with E-state index in [9.17, 15) is 45.8 Å². The van der Waals surface area contributed by atoms with Crippen LogP contribution in [0.5, 0.6) is 5.75 Å². The molecule has 0 saturated heterocycles. The number of carbonyl (C=O) groups is 3. The third-order valence-electron chi connectivity index (χ3n) is 6.88. The van der Waals surface area contributed by atoms with Crippen molar-refractivity contribution >= 4 is 35.0 Å². The highest BCUT2D eigenvalue weighted by molar-refractivity contribution is 6.41. The van der Waals surface area contributed by atoms with Gasteiger partial charge in [0, 0.05) is 24.2 Å². The number of Topliss-reactive ketones (excluding diaryl/α,β-unsaturated/α-hetero) is 2. The largest absolute Gasteiger partial charge is 0.496 e. The predicted octanol–water partition coefficient (Wildman–Crippen LogP) is 3.75. The van der Waals surface area contributed by atoms with Crippen molar-refractivity contribution in [1.29, 1.82) is 0 Å². The maximum absolute atomic E-state index is 12.2. The summed E-state index contributed by atoms with van der Waals surface area (Å²) in [4.78, 5) is 35.9. The summed E-state index contributed by atoms with van der Waals surface area (Å²) in [5.74, 6) is -6.08. The zero-order valence-corrected chi connectivity index (χ0v) is 26.9. The highest BCUT2D eigenvalue weighted by Crippen LogP contribution is 2.28. The number of nitrogens with two attached hydrogens (primary N) is 2. The molecule has 262 valence electrons. The number of benzene rings is 2. The van der Waals surface area contributed by atoms with Crippen LogP contribution >= 0.6 is 11.6 Å². The number of ether oxygens (including phenoxy) is 1. The summed E-state index contributed by atoms with van der Waals surface area (Å²) in [7, 11) is 1.67. The summed E-state index contributed by atoms with van der Waals surface area (Å²) in [6.07, 6.45) is -11.1. The van der Waals surface area contributed by atoms with Crippen LogP contribution in [0.15, 0.2) is 35.3 Å². The van der Waals surface area contributed by atoms with Crippen LogP contribution in [0.3, 0.4) is 0 Å². The molecular formula is C30H38ClF6N5O5. The summed E-state index contributed by atoms with van der Waals surface area (Å²) >= 11 is 5.87. The Bertz CT molecular complexity index is 1380. The number of aryl methyl sites for hydroxylation is 1. The van der Waals surface area contributed by atoms with E-state index < -0.39 is 42.0 Å². The minimum atomic E-state index is -5.77. The second kappa shape index (κ2) is 18.4. The van der Waals surface area contributed by atoms with E-state index in [0.717, 1.165) is 33.6 Å². The summed E-state index contributed by atoms with van der Waals surface area (Å²) in [6, 6.07) is 8.75. The molecule has 2 rings (SSSR count). The molecule has 0 heterocycles. The lowest BCUT2D eigenvalue weighted by atomic mass is 9.97. The van der Waals surface area contributed by atoms with Gasteiger partial charge in [0.1, 0.15) is 11.9 Å². The minimum absolute atomic E-state index is 0.339. The van der Waals surface area contributed by atoms with Crippen LogP contribution in [0.25, 0.3) is 0 Å². The number of ketones is 2. The number of hydrogen-bond acceptors (Lipinski definition) is 7. The van der Waals surface area contributed by atoms with Crippen LogP contribution in [0.2, 0.25) is 5.02 Å². The van der Waals surface area contributed by atoms with Gasteiger partial charge in [0.2, 0.25) is 5.91 Å².